The number of hydrogen-bond donors (Lipinski definition) is 1. The number of rotatable bonds is 8. The standard InChI is InChI=1S/C32H32N4O2/c37-30(21-25-11-4-1-5-12-25)34-23-29-24-35(32(38)28-17-10-18-33-22-28)19-20-36(29)31(26-13-6-2-7-14-26)27-15-8-3-9-16-27/h1-18,22,29,31H,19-21,23-24H2,(H,34,37). The van der Waals surface area contributed by atoms with E-state index in [-0.39, 0.29) is 23.9 Å². The zero-order valence-electron chi connectivity index (χ0n) is 21.3. The first kappa shape index (κ1) is 25.4. The number of piperazine rings is 1. The van der Waals surface area contributed by atoms with Crippen LogP contribution in [0.5, 0.6) is 0 Å². The highest BCUT2D eigenvalue weighted by Gasteiger charge is 2.35. The lowest BCUT2D eigenvalue weighted by Gasteiger charge is -2.45. The summed E-state index contributed by atoms with van der Waals surface area (Å²) >= 11 is 0. The third-order valence-corrected chi connectivity index (χ3v) is 7.03. The highest BCUT2D eigenvalue weighted by molar-refractivity contribution is 5.94. The number of nitrogens with zero attached hydrogens (tertiary/aromatic N) is 3. The van der Waals surface area contributed by atoms with E-state index in [2.05, 4.69) is 63.7 Å². The van der Waals surface area contributed by atoms with Crippen LogP contribution in [0.2, 0.25) is 0 Å². The van der Waals surface area contributed by atoms with Crippen molar-refractivity contribution in [1.82, 2.24) is 20.1 Å². The Morgan fingerprint density at radius 3 is 2.05 bits per heavy atom. The van der Waals surface area contributed by atoms with Crippen molar-refractivity contribution >= 4 is 11.8 Å². The number of nitrogens with one attached hydrogen (secondary N) is 1. The fourth-order valence-corrected chi connectivity index (χ4v) is 5.17. The van der Waals surface area contributed by atoms with Crippen molar-refractivity contribution in [2.45, 2.75) is 18.5 Å². The second-order valence-corrected chi connectivity index (χ2v) is 9.57. The first-order valence-corrected chi connectivity index (χ1v) is 13.0. The van der Waals surface area contributed by atoms with Gasteiger partial charge in [0.1, 0.15) is 0 Å². The summed E-state index contributed by atoms with van der Waals surface area (Å²) in [4.78, 5) is 34.7. The van der Waals surface area contributed by atoms with Crippen LogP contribution < -0.4 is 5.32 Å². The Hall–Kier alpha value is -4.29. The van der Waals surface area contributed by atoms with Crippen LogP contribution in [0.3, 0.4) is 0 Å². The van der Waals surface area contributed by atoms with Crippen LogP contribution in [-0.4, -0.2) is 58.8 Å². The van der Waals surface area contributed by atoms with Gasteiger partial charge in [-0.05, 0) is 28.8 Å². The number of pyridine rings is 1. The molecule has 4 aromatic rings. The summed E-state index contributed by atoms with van der Waals surface area (Å²) in [5, 5.41) is 3.16. The normalized spacial score (nSPS) is 15.8. The summed E-state index contributed by atoms with van der Waals surface area (Å²) in [6.07, 6.45) is 3.61. The van der Waals surface area contributed by atoms with Crippen LogP contribution >= 0.6 is 0 Å². The highest BCUT2D eigenvalue weighted by Crippen LogP contribution is 2.32. The molecule has 192 valence electrons. The predicted octanol–water partition coefficient (Wildman–Crippen LogP) is 4.36. The second kappa shape index (κ2) is 12.3. The third kappa shape index (κ3) is 6.15. The second-order valence-electron chi connectivity index (χ2n) is 9.57. The highest BCUT2D eigenvalue weighted by atomic mass is 16.2. The Labute approximate surface area is 223 Å². The lowest BCUT2D eigenvalue weighted by atomic mass is 9.94. The molecule has 1 unspecified atom stereocenters. The van der Waals surface area contributed by atoms with Crippen LogP contribution in [0.15, 0.2) is 116 Å². The van der Waals surface area contributed by atoms with Crippen LogP contribution in [0.1, 0.15) is 33.1 Å². The molecule has 6 heteroatoms. The molecular weight excluding hydrogens is 472 g/mol. The zero-order valence-corrected chi connectivity index (χ0v) is 21.3. The molecule has 1 saturated heterocycles. The van der Waals surface area contributed by atoms with E-state index in [1.165, 1.54) is 11.1 Å². The summed E-state index contributed by atoms with van der Waals surface area (Å²) in [6, 6.07) is 34.1. The number of benzene rings is 3. The Bertz CT molecular complexity index is 1280. The fourth-order valence-electron chi connectivity index (χ4n) is 5.17. The van der Waals surface area contributed by atoms with E-state index in [0.717, 1.165) is 5.56 Å². The van der Waals surface area contributed by atoms with Gasteiger partial charge in [0.2, 0.25) is 5.91 Å². The average molecular weight is 505 g/mol. The Balaban J connectivity index is 1.40. The monoisotopic (exact) mass is 504 g/mol. The van der Waals surface area contributed by atoms with Crippen molar-refractivity contribution < 1.29 is 9.59 Å². The van der Waals surface area contributed by atoms with Crippen LogP contribution in [0.4, 0.5) is 0 Å². The minimum absolute atomic E-state index is 0.00377. The first-order valence-electron chi connectivity index (χ1n) is 13.0. The Morgan fingerprint density at radius 1 is 0.816 bits per heavy atom. The molecule has 1 aromatic heterocycles. The number of hydrogen-bond acceptors (Lipinski definition) is 4. The molecule has 2 heterocycles. The van der Waals surface area contributed by atoms with Crippen LogP contribution in [0, 0.1) is 0 Å². The van der Waals surface area contributed by atoms with E-state index in [1.54, 1.807) is 24.5 Å². The summed E-state index contributed by atoms with van der Waals surface area (Å²) < 4.78 is 0. The maximum Gasteiger partial charge on any atom is 0.255 e. The summed E-state index contributed by atoms with van der Waals surface area (Å²) in [7, 11) is 0. The summed E-state index contributed by atoms with van der Waals surface area (Å²) in [5.74, 6) is -0.0582. The molecule has 1 aliphatic heterocycles. The number of carbonyl (C=O) groups is 2. The minimum Gasteiger partial charge on any atom is -0.354 e. The van der Waals surface area contributed by atoms with E-state index in [9.17, 15) is 9.59 Å². The van der Waals surface area contributed by atoms with Gasteiger partial charge in [0, 0.05) is 44.6 Å². The minimum atomic E-state index is -0.0745. The molecule has 1 fully saturated rings. The van der Waals surface area contributed by atoms with Crippen molar-refractivity contribution in [3.8, 4) is 0 Å². The Morgan fingerprint density at radius 2 is 1.45 bits per heavy atom. The zero-order chi connectivity index (χ0) is 26.2. The van der Waals surface area contributed by atoms with Gasteiger partial charge in [-0.3, -0.25) is 19.5 Å². The van der Waals surface area contributed by atoms with Crippen molar-refractivity contribution in [3.63, 3.8) is 0 Å². The summed E-state index contributed by atoms with van der Waals surface area (Å²) in [6.45, 7) is 2.23. The molecule has 38 heavy (non-hydrogen) atoms. The first-order chi connectivity index (χ1) is 18.7. The van der Waals surface area contributed by atoms with Gasteiger partial charge in [0.15, 0.2) is 0 Å². The molecule has 1 aliphatic rings. The molecule has 3 aromatic carbocycles. The quantitative estimate of drug-likeness (QED) is 0.387. The number of amides is 2. The van der Waals surface area contributed by atoms with Crippen molar-refractivity contribution in [3.05, 3.63) is 138 Å². The van der Waals surface area contributed by atoms with Crippen molar-refractivity contribution in [1.29, 1.82) is 0 Å². The SMILES string of the molecule is O=C(Cc1ccccc1)NCC1CN(C(=O)c2cccnc2)CCN1C(c1ccccc1)c1ccccc1. The maximum atomic E-state index is 13.3. The van der Waals surface area contributed by atoms with E-state index in [1.807, 2.05) is 47.4 Å². The molecule has 2 amide bonds. The molecule has 1 atom stereocenters. The smallest absolute Gasteiger partial charge is 0.255 e. The molecule has 0 radical (unpaired) electrons. The van der Waals surface area contributed by atoms with Crippen molar-refractivity contribution in [2.75, 3.05) is 26.2 Å². The van der Waals surface area contributed by atoms with Gasteiger partial charge in [-0.25, -0.2) is 0 Å². The fraction of sp³-hybridized carbons (Fsp3) is 0.219. The maximum absolute atomic E-state index is 13.3. The third-order valence-electron chi connectivity index (χ3n) is 7.03. The van der Waals surface area contributed by atoms with Crippen molar-refractivity contribution in [2.24, 2.45) is 0 Å². The number of aromatic nitrogens is 1. The largest absolute Gasteiger partial charge is 0.354 e. The topological polar surface area (TPSA) is 65.5 Å². The van der Waals surface area contributed by atoms with Gasteiger partial charge in [-0.15, -0.1) is 0 Å². The molecule has 6 nitrogen and oxygen atoms in total. The molecule has 0 saturated carbocycles. The van der Waals surface area contributed by atoms with Gasteiger partial charge >= 0.3 is 0 Å². The van der Waals surface area contributed by atoms with Crippen LogP contribution in [0.25, 0.3) is 0 Å². The molecule has 5 rings (SSSR count). The molecular formula is C32H32N4O2. The van der Waals surface area contributed by atoms with E-state index < -0.39 is 0 Å². The van der Waals surface area contributed by atoms with Gasteiger partial charge < -0.3 is 10.2 Å². The predicted molar refractivity (Wildman–Crippen MR) is 149 cm³/mol. The van der Waals surface area contributed by atoms with Gasteiger partial charge in [-0.2, -0.15) is 0 Å². The molecule has 0 bridgehead atoms. The lowest BCUT2D eigenvalue weighted by molar-refractivity contribution is -0.120. The summed E-state index contributed by atoms with van der Waals surface area (Å²) in [5.41, 5.74) is 3.93. The molecule has 1 N–H and O–H groups in total. The van der Waals surface area contributed by atoms with Gasteiger partial charge in [-0.1, -0.05) is 91.0 Å². The van der Waals surface area contributed by atoms with E-state index in [0.29, 0.717) is 38.2 Å². The molecule has 0 aliphatic carbocycles. The van der Waals surface area contributed by atoms with Gasteiger partial charge in [0.05, 0.1) is 18.0 Å². The average Bonchev–Trinajstić information content (AvgIpc) is 2.98. The molecule has 0 spiro atoms. The van der Waals surface area contributed by atoms with E-state index >= 15 is 0 Å². The number of carbonyl (C=O) groups excluding carboxylic acids is 2. The van der Waals surface area contributed by atoms with E-state index in [4.69, 9.17) is 0 Å². The van der Waals surface area contributed by atoms with Crippen LogP contribution in [-0.2, 0) is 11.2 Å². The lowest BCUT2D eigenvalue weighted by Crippen LogP contribution is -2.59. The van der Waals surface area contributed by atoms with Gasteiger partial charge in [0.25, 0.3) is 5.91 Å². The Kier molecular flexibility index (Phi) is 8.21.